The van der Waals surface area contributed by atoms with E-state index in [1.54, 1.807) is 6.07 Å². The SMILES string of the molecule is Nc1cc(Cl)ccc1S(=O)(=O)CCCCc1ccccc1. The van der Waals surface area contributed by atoms with Crippen LogP contribution in [-0.2, 0) is 16.3 Å². The molecule has 0 spiro atoms. The van der Waals surface area contributed by atoms with Gasteiger partial charge in [-0.05, 0) is 43.0 Å². The van der Waals surface area contributed by atoms with Crippen molar-refractivity contribution in [1.29, 1.82) is 0 Å². The summed E-state index contributed by atoms with van der Waals surface area (Å²) >= 11 is 5.79. The highest BCUT2D eigenvalue weighted by Crippen LogP contribution is 2.24. The Labute approximate surface area is 130 Å². The Morgan fingerprint density at radius 2 is 1.71 bits per heavy atom. The standard InChI is InChI=1S/C16H18ClNO2S/c17-14-9-10-16(15(18)12-14)21(19,20)11-5-4-8-13-6-2-1-3-7-13/h1-3,6-7,9-10,12H,4-5,8,11,18H2. The summed E-state index contributed by atoms with van der Waals surface area (Å²) in [5.41, 5.74) is 7.18. The summed E-state index contributed by atoms with van der Waals surface area (Å²) < 4.78 is 24.5. The van der Waals surface area contributed by atoms with Gasteiger partial charge in [-0.1, -0.05) is 41.9 Å². The van der Waals surface area contributed by atoms with Crippen LogP contribution in [0.1, 0.15) is 18.4 Å². The van der Waals surface area contributed by atoms with Crippen LogP contribution in [0.25, 0.3) is 0 Å². The molecule has 0 saturated heterocycles. The molecular weight excluding hydrogens is 306 g/mol. The predicted octanol–water partition coefficient (Wildman–Crippen LogP) is 3.72. The molecule has 0 aliphatic heterocycles. The average molecular weight is 324 g/mol. The number of nitrogen functional groups attached to an aromatic ring is 1. The Bertz CT molecular complexity index is 699. The highest BCUT2D eigenvalue weighted by atomic mass is 35.5. The zero-order chi connectivity index (χ0) is 15.3. The average Bonchev–Trinajstić information content (AvgIpc) is 2.44. The van der Waals surface area contributed by atoms with Gasteiger partial charge in [0, 0.05) is 5.02 Å². The minimum absolute atomic E-state index is 0.103. The summed E-state index contributed by atoms with van der Waals surface area (Å²) in [4.78, 5) is 0.173. The number of benzene rings is 2. The van der Waals surface area contributed by atoms with E-state index in [1.165, 1.54) is 17.7 Å². The van der Waals surface area contributed by atoms with Crippen molar-refractivity contribution >= 4 is 27.1 Å². The van der Waals surface area contributed by atoms with E-state index in [0.717, 1.165) is 12.8 Å². The minimum Gasteiger partial charge on any atom is -0.398 e. The summed E-state index contributed by atoms with van der Waals surface area (Å²) in [5, 5.41) is 0.440. The summed E-state index contributed by atoms with van der Waals surface area (Å²) in [7, 11) is -3.35. The first-order valence-electron chi connectivity index (χ1n) is 6.81. The van der Waals surface area contributed by atoms with Crippen LogP contribution in [0.5, 0.6) is 0 Å². The summed E-state index contributed by atoms with van der Waals surface area (Å²) in [5.74, 6) is 0.103. The molecule has 3 nitrogen and oxygen atoms in total. The Hall–Kier alpha value is -1.52. The Morgan fingerprint density at radius 1 is 1.00 bits per heavy atom. The molecule has 0 atom stereocenters. The molecule has 112 valence electrons. The third-order valence-corrected chi connectivity index (χ3v) is 5.38. The molecule has 0 aromatic heterocycles. The van der Waals surface area contributed by atoms with Gasteiger partial charge in [-0.2, -0.15) is 0 Å². The van der Waals surface area contributed by atoms with Gasteiger partial charge in [-0.25, -0.2) is 8.42 Å². The fourth-order valence-corrected chi connectivity index (χ4v) is 3.86. The molecule has 0 saturated carbocycles. The molecular formula is C16H18ClNO2S. The molecule has 2 N–H and O–H groups in total. The van der Waals surface area contributed by atoms with Crippen molar-refractivity contribution < 1.29 is 8.42 Å². The van der Waals surface area contributed by atoms with E-state index in [9.17, 15) is 8.42 Å². The van der Waals surface area contributed by atoms with Crippen LogP contribution in [0, 0.1) is 0 Å². The quantitative estimate of drug-likeness (QED) is 0.651. The molecule has 2 rings (SSSR count). The number of anilines is 1. The molecule has 0 aliphatic carbocycles. The molecule has 5 heteroatoms. The predicted molar refractivity (Wildman–Crippen MR) is 87.3 cm³/mol. The third kappa shape index (κ3) is 4.48. The van der Waals surface area contributed by atoms with Crippen molar-refractivity contribution in [1.82, 2.24) is 0 Å². The van der Waals surface area contributed by atoms with Gasteiger partial charge in [0.15, 0.2) is 9.84 Å². The maximum Gasteiger partial charge on any atom is 0.180 e. The van der Waals surface area contributed by atoms with E-state index in [-0.39, 0.29) is 16.3 Å². The first-order chi connectivity index (χ1) is 9.99. The number of hydrogen-bond donors (Lipinski definition) is 1. The Kier molecular flexibility index (Phi) is 5.26. The molecule has 0 amide bonds. The second-order valence-corrected chi connectivity index (χ2v) is 7.46. The minimum atomic E-state index is -3.35. The van der Waals surface area contributed by atoms with Crippen LogP contribution in [0.4, 0.5) is 5.69 Å². The van der Waals surface area contributed by atoms with E-state index in [4.69, 9.17) is 17.3 Å². The fraction of sp³-hybridized carbons (Fsp3) is 0.250. The van der Waals surface area contributed by atoms with Crippen LogP contribution in [0.3, 0.4) is 0 Å². The summed E-state index contributed by atoms with van der Waals surface area (Å²) in [6, 6.07) is 14.5. The van der Waals surface area contributed by atoms with Gasteiger partial charge >= 0.3 is 0 Å². The molecule has 0 radical (unpaired) electrons. The molecule has 0 bridgehead atoms. The van der Waals surface area contributed by atoms with Crippen LogP contribution >= 0.6 is 11.6 Å². The second kappa shape index (κ2) is 6.96. The number of halogens is 1. The molecule has 0 unspecified atom stereocenters. The first kappa shape index (κ1) is 15.9. The molecule has 21 heavy (non-hydrogen) atoms. The topological polar surface area (TPSA) is 60.2 Å². The molecule has 0 aliphatic rings. The van der Waals surface area contributed by atoms with Gasteiger partial charge in [-0.15, -0.1) is 0 Å². The Morgan fingerprint density at radius 3 is 2.38 bits per heavy atom. The first-order valence-corrected chi connectivity index (χ1v) is 8.84. The van der Waals surface area contributed by atoms with Gasteiger partial charge in [0.1, 0.15) is 0 Å². The smallest absolute Gasteiger partial charge is 0.180 e. The number of nitrogens with two attached hydrogens (primary N) is 1. The lowest BCUT2D eigenvalue weighted by Crippen LogP contribution is -2.09. The lowest BCUT2D eigenvalue weighted by Gasteiger charge is -2.08. The zero-order valence-corrected chi connectivity index (χ0v) is 13.2. The van der Waals surface area contributed by atoms with Crippen molar-refractivity contribution in [3.63, 3.8) is 0 Å². The van der Waals surface area contributed by atoms with Crippen LogP contribution in [0.15, 0.2) is 53.4 Å². The van der Waals surface area contributed by atoms with E-state index in [2.05, 4.69) is 0 Å². The molecule has 2 aromatic rings. The maximum atomic E-state index is 12.3. The zero-order valence-electron chi connectivity index (χ0n) is 11.6. The molecule has 0 heterocycles. The van der Waals surface area contributed by atoms with Crippen molar-refractivity contribution in [2.75, 3.05) is 11.5 Å². The second-order valence-electron chi connectivity index (χ2n) is 4.94. The van der Waals surface area contributed by atoms with E-state index in [0.29, 0.717) is 11.4 Å². The number of sulfone groups is 1. The normalized spacial score (nSPS) is 11.5. The van der Waals surface area contributed by atoms with Crippen LogP contribution in [-0.4, -0.2) is 14.2 Å². The summed E-state index contributed by atoms with van der Waals surface area (Å²) in [6.07, 6.45) is 2.32. The maximum absolute atomic E-state index is 12.3. The van der Waals surface area contributed by atoms with Gasteiger partial charge in [0.25, 0.3) is 0 Å². The largest absolute Gasteiger partial charge is 0.398 e. The van der Waals surface area contributed by atoms with E-state index >= 15 is 0 Å². The lowest BCUT2D eigenvalue weighted by molar-refractivity contribution is 0.592. The number of rotatable bonds is 6. The van der Waals surface area contributed by atoms with Gasteiger partial charge in [-0.3, -0.25) is 0 Å². The highest BCUT2D eigenvalue weighted by Gasteiger charge is 2.17. The third-order valence-electron chi connectivity index (χ3n) is 3.28. The molecule has 2 aromatic carbocycles. The highest BCUT2D eigenvalue weighted by molar-refractivity contribution is 7.91. The summed E-state index contributed by atoms with van der Waals surface area (Å²) in [6.45, 7) is 0. The van der Waals surface area contributed by atoms with Crippen LogP contribution < -0.4 is 5.73 Å². The van der Waals surface area contributed by atoms with Crippen LogP contribution in [0.2, 0.25) is 5.02 Å². The van der Waals surface area contributed by atoms with Crippen molar-refractivity contribution in [3.05, 3.63) is 59.1 Å². The Balaban J connectivity index is 1.92. The number of aryl methyl sites for hydroxylation is 1. The number of hydrogen-bond acceptors (Lipinski definition) is 3. The van der Waals surface area contributed by atoms with Crippen molar-refractivity contribution in [3.8, 4) is 0 Å². The molecule has 0 fully saturated rings. The lowest BCUT2D eigenvalue weighted by atomic mass is 10.1. The number of unbranched alkanes of at least 4 members (excludes halogenated alkanes) is 1. The van der Waals surface area contributed by atoms with Gasteiger partial charge < -0.3 is 5.73 Å². The van der Waals surface area contributed by atoms with Gasteiger partial charge in [0.05, 0.1) is 16.3 Å². The van der Waals surface area contributed by atoms with Crippen molar-refractivity contribution in [2.24, 2.45) is 0 Å². The monoisotopic (exact) mass is 323 g/mol. The fourth-order valence-electron chi connectivity index (χ4n) is 2.18. The van der Waals surface area contributed by atoms with Crippen molar-refractivity contribution in [2.45, 2.75) is 24.2 Å². The van der Waals surface area contributed by atoms with Gasteiger partial charge in [0.2, 0.25) is 0 Å². The van der Waals surface area contributed by atoms with E-state index < -0.39 is 9.84 Å². The van der Waals surface area contributed by atoms with E-state index in [1.807, 2.05) is 30.3 Å².